The van der Waals surface area contributed by atoms with Gasteiger partial charge in [-0.05, 0) is 19.4 Å². The summed E-state index contributed by atoms with van der Waals surface area (Å²) >= 11 is 1.18. The van der Waals surface area contributed by atoms with Crippen LogP contribution in [0.4, 0.5) is 5.00 Å². The number of thiophene rings is 1. The Morgan fingerprint density at radius 2 is 2.36 bits per heavy atom. The van der Waals surface area contributed by atoms with Gasteiger partial charge in [-0.15, -0.1) is 0 Å². The zero-order valence-electron chi connectivity index (χ0n) is 7.60. The molecule has 1 fully saturated rings. The van der Waals surface area contributed by atoms with E-state index < -0.39 is 0 Å². The number of rotatable bonds is 3. The van der Waals surface area contributed by atoms with Gasteiger partial charge in [0.15, 0.2) is 0 Å². The third-order valence-corrected chi connectivity index (χ3v) is 3.64. The number of Topliss-reactive ketones (excluding diaryl/α,β-unsaturated/α-hetero) is 1. The molecular formula is C9H9NO3S. The largest absolute Gasteiger partial charge is 0.324 e. The van der Waals surface area contributed by atoms with E-state index in [1.54, 1.807) is 13.0 Å². The normalized spacial score (nSPS) is 24.6. The summed E-state index contributed by atoms with van der Waals surface area (Å²) in [6, 6.07) is 3.27. The molecule has 0 radical (unpaired) electrons. The fraction of sp³-hybridized carbons (Fsp3) is 0.444. The molecule has 0 spiro atoms. The summed E-state index contributed by atoms with van der Waals surface area (Å²) in [6.45, 7) is 1.58. The van der Waals surface area contributed by atoms with Crippen molar-refractivity contribution in [1.29, 1.82) is 0 Å². The van der Waals surface area contributed by atoms with Crippen LogP contribution in [0.3, 0.4) is 0 Å². The first-order valence-electron chi connectivity index (χ1n) is 4.34. The van der Waals surface area contributed by atoms with Crippen molar-refractivity contribution in [2.24, 2.45) is 5.92 Å². The highest BCUT2D eigenvalue weighted by atomic mass is 32.1. The van der Waals surface area contributed by atoms with Crippen LogP contribution in [0.1, 0.15) is 24.1 Å². The molecular weight excluding hydrogens is 202 g/mol. The molecule has 0 aromatic carbocycles. The molecule has 4 nitrogen and oxygen atoms in total. The van der Waals surface area contributed by atoms with Crippen LogP contribution in [-0.2, 0) is 4.79 Å². The minimum Gasteiger partial charge on any atom is -0.300 e. The SMILES string of the molecule is CC(=O)C1CC1c1ccc([N+](=O)[O-])s1. The quantitative estimate of drug-likeness (QED) is 0.569. The predicted octanol–water partition coefficient (Wildman–Crippen LogP) is 2.35. The van der Waals surface area contributed by atoms with E-state index in [4.69, 9.17) is 0 Å². The Morgan fingerprint density at radius 1 is 1.64 bits per heavy atom. The van der Waals surface area contributed by atoms with Gasteiger partial charge in [0.2, 0.25) is 0 Å². The molecule has 74 valence electrons. The first kappa shape index (κ1) is 9.33. The maximum Gasteiger partial charge on any atom is 0.324 e. The van der Waals surface area contributed by atoms with Gasteiger partial charge in [-0.2, -0.15) is 0 Å². The first-order chi connectivity index (χ1) is 6.59. The molecule has 2 atom stereocenters. The molecule has 1 aliphatic rings. The summed E-state index contributed by atoms with van der Waals surface area (Å²) in [4.78, 5) is 22.0. The highest BCUT2D eigenvalue weighted by Crippen LogP contribution is 2.50. The number of hydrogen-bond donors (Lipinski definition) is 0. The highest BCUT2D eigenvalue weighted by molar-refractivity contribution is 7.15. The topological polar surface area (TPSA) is 60.2 Å². The van der Waals surface area contributed by atoms with Crippen molar-refractivity contribution in [3.63, 3.8) is 0 Å². The lowest BCUT2D eigenvalue weighted by Crippen LogP contribution is -1.93. The van der Waals surface area contributed by atoms with Crippen LogP contribution in [0.2, 0.25) is 0 Å². The summed E-state index contributed by atoms with van der Waals surface area (Å²) in [7, 11) is 0. The molecule has 1 heterocycles. The maximum atomic E-state index is 11.0. The molecule has 0 amide bonds. The fourth-order valence-corrected chi connectivity index (χ4v) is 2.60. The number of hydrogen-bond acceptors (Lipinski definition) is 4. The average molecular weight is 211 g/mol. The molecule has 14 heavy (non-hydrogen) atoms. The number of nitrogens with zero attached hydrogens (tertiary/aromatic N) is 1. The fourth-order valence-electron chi connectivity index (χ4n) is 1.60. The van der Waals surface area contributed by atoms with Gasteiger partial charge in [0.1, 0.15) is 5.78 Å². The molecule has 1 saturated carbocycles. The Bertz CT molecular complexity index is 399. The Labute approximate surface area is 84.7 Å². The number of ketones is 1. The summed E-state index contributed by atoms with van der Waals surface area (Å²) < 4.78 is 0. The molecule has 1 aromatic heterocycles. The van der Waals surface area contributed by atoms with Crippen LogP contribution in [-0.4, -0.2) is 10.7 Å². The van der Waals surface area contributed by atoms with Gasteiger partial charge >= 0.3 is 5.00 Å². The Balaban J connectivity index is 2.12. The van der Waals surface area contributed by atoms with Crippen LogP contribution in [0.5, 0.6) is 0 Å². The van der Waals surface area contributed by atoms with Crippen molar-refractivity contribution >= 4 is 22.1 Å². The molecule has 0 N–H and O–H groups in total. The van der Waals surface area contributed by atoms with E-state index in [2.05, 4.69) is 0 Å². The third kappa shape index (κ3) is 1.55. The van der Waals surface area contributed by atoms with Crippen LogP contribution in [0, 0.1) is 16.0 Å². The zero-order chi connectivity index (χ0) is 10.3. The van der Waals surface area contributed by atoms with Crippen LogP contribution in [0.15, 0.2) is 12.1 Å². The van der Waals surface area contributed by atoms with E-state index in [1.807, 2.05) is 0 Å². The summed E-state index contributed by atoms with van der Waals surface area (Å²) in [5, 5.41) is 10.6. The molecule has 0 bridgehead atoms. The monoisotopic (exact) mass is 211 g/mol. The van der Waals surface area contributed by atoms with Crippen molar-refractivity contribution in [2.45, 2.75) is 19.3 Å². The first-order valence-corrected chi connectivity index (χ1v) is 5.16. The molecule has 1 aliphatic carbocycles. The second-order valence-corrected chi connectivity index (χ2v) is 4.59. The van der Waals surface area contributed by atoms with Gasteiger partial charge in [0.25, 0.3) is 0 Å². The summed E-state index contributed by atoms with van der Waals surface area (Å²) in [5.41, 5.74) is 0. The van der Waals surface area contributed by atoms with Crippen molar-refractivity contribution < 1.29 is 9.72 Å². The van der Waals surface area contributed by atoms with E-state index in [1.165, 1.54) is 17.4 Å². The Kier molecular flexibility index (Phi) is 2.11. The lowest BCUT2D eigenvalue weighted by Gasteiger charge is -1.89. The van der Waals surface area contributed by atoms with Gasteiger partial charge in [-0.3, -0.25) is 14.9 Å². The average Bonchev–Trinajstić information content (AvgIpc) is 2.76. The number of carbonyl (C=O) groups excluding carboxylic acids is 1. The molecule has 0 aliphatic heterocycles. The second-order valence-electron chi connectivity index (χ2n) is 3.49. The predicted molar refractivity (Wildman–Crippen MR) is 52.5 cm³/mol. The van der Waals surface area contributed by atoms with E-state index in [-0.39, 0.29) is 27.5 Å². The van der Waals surface area contributed by atoms with E-state index >= 15 is 0 Å². The summed E-state index contributed by atoms with van der Waals surface area (Å²) in [6.07, 6.45) is 0.854. The lowest BCUT2D eigenvalue weighted by atomic mass is 10.2. The van der Waals surface area contributed by atoms with Crippen molar-refractivity contribution in [3.05, 3.63) is 27.1 Å². The lowest BCUT2D eigenvalue weighted by molar-refractivity contribution is -0.380. The minimum absolute atomic E-state index is 0.105. The summed E-state index contributed by atoms with van der Waals surface area (Å²) in [5.74, 6) is 0.533. The molecule has 0 saturated heterocycles. The Hall–Kier alpha value is -1.23. The zero-order valence-corrected chi connectivity index (χ0v) is 8.41. The van der Waals surface area contributed by atoms with Gasteiger partial charge in [0, 0.05) is 22.8 Å². The van der Waals surface area contributed by atoms with Crippen LogP contribution < -0.4 is 0 Å². The standard InChI is InChI=1S/C9H9NO3S/c1-5(11)6-4-7(6)8-2-3-9(14-8)10(12)13/h2-3,6-7H,4H2,1H3. The van der Waals surface area contributed by atoms with Gasteiger partial charge in [-0.1, -0.05) is 11.3 Å². The van der Waals surface area contributed by atoms with Crippen LogP contribution in [0.25, 0.3) is 0 Å². The smallest absolute Gasteiger partial charge is 0.300 e. The molecule has 2 rings (SSSR count). The Morgan fingerprint density at radius 3 is 2.79 bits per heavy atom. The van der Waals surface area contributed by atoms with Gasteiger partial charge in [0.05, 0.1) is 4.92 Å². The molecule has 2 unspecified atom stereocenters. The van der Waals surface area contributed by atoms with Crippen LogP contribution >= 0.6 is 11.3 Å². The van der Waals surface area contributed by atoms with E-state index in [0.717, 1.165) is 11.3 Å². The van der Waals surface area contributed by atoms with E-state index in [0.29, 0.717) is 0 Å². The van der Waals surface area contributed by atoms with Crippen molar-refractivity contribution in [2.75, 3.05) is 0 Å². The number of carbonyl (C=O) groups is 1. The molecule has 1 aromatic rings. The maximum absolute atomic E-state index is 11.0. The van der Waals surface area contributed by atoms with Gasteiger partial charge < -0.3 is 0 Å². The van der Waals surface area contributed by atoms with E-state index in [9.17, 15) is 14.9 Å². The highest BCUT2D eigenvalue weighted by Gasteiger charge is 2.43. The van der Waals surface area contributed by atoms with Gasteiger partial charge in [-0.25, -0.2) is 0 Å². The van der Waals surface area contributed by atoms with Crippen molar-refractivity contribution in [1.82, 2.24) is 0 Å². The molecule has 5 heteroatoms. The third-order valence-electron chi connectivity index (χ3n) is 2.47. The minimum atomic E-state index is -0.390. The number of nitro groups is 1. The van der Waals surface area contributed by atoms with Crippen molar-refractivity contribution in [3.8, 4) is 0 Å². The second kappa shape index (κ2) is 3.16.